The van der Waals surface area contributed by atoms with E-state index < -0.39 is 0 Å². The van der Waals surface area contributed by atoms with Crippen LogP contribution < -0.4 is 0 Å². The van der Waals surface area contributed by atoms with Gasteiger partial charge in [-0.1, -0.05) is 20.8 Å². The van der Waals surface area contributed by atoms with Gasteiger partial charge in [-0.3, -0.25) is 0 Å². The Morgan fingerprint density at radius 2 is 1.42 bits per heavy atom. The third-order valence-corrected chi connectivity index (χ3v) is 6.19. The Morgan fingerprint density at radius 3 is 1.95 bits per heavy atom. The van der Waals surface area contributed by atoms with Crippen LogP contribution in [0.2, 0.25) is 0 Å². The number of aryl methyl sites for hydroxylation is 2. The molecule has 0 saturated carbocycles. The fraction of sp³-hybridized carbons (Fsp3) is 0.588. The zero-order chi connectivity index (χ0) is 14.4. The summed E-state index contributed by atoms with van der Waals surface area (Å²) < 4.78 is 6.25. The van der Waals surface area contributed by atoms with Crippen LogP contribution in [0.15, 0.2) is 0 Å². The molecule has 0 bridgehead atoms. The normalized spacial score (nSPS) is 12.4. The summed E-state index contributed by atoms with van der Waals surface area (Å²) in [5, 5.41) is 1.43. The number of aromatic nitrogens is 1. The van der Waals surface area contributed by atoms with Gasteiger partial charge in [0.05, 0.1) is 10.4 Å². The molecule has 2 rings (SSSR count). The summed E-state index contributed by atoms with van der Waals surface area (Å²) in [5.41, 5.74) is 7.22. The maximum atomic E-state index is 4.85. The predicted molar refractivity (Wildman–Crippen MR) is 86.5 cm³/mol. The minimum absolute atomic E-state index is 0.206. The zero-order valence-electron chi connectivity index (χ0n) is 13.3. The molecule has 0 atom stereocenters. The standard InChI is InChI=1S/C17H25NS/c1-8-17(7,9-2)16-14-12(5)10(3)11(4)13(6)15(14)19-18-16/h8-9H2,1-7H3. The minimum atomic E-state index is 0.206. The molecule has 0 N–H and O–H groups in total. The van der Waals surface area contributed by atoms with E-state index in [4.69, 9.17) is 4.37 Å². The fourth-order valence-electron chi connectivity index (χ4n) is 2.81. The summed E-state index contributed by atoms with van der Waals surface area (Å²) >= 11 is 1.69. The summed E-state index contributed by atoms with van der Waals surface area (Å²) in [6.45, 7) is 15.9. The van der Waals surface area contributed by atoms with Gasteiger partial charge in [0.15, 0.2) is 0 Å². The van der Waals surface area contributed by atoms with E-state index in [0.717, 1.165) is 12.8 Å². The van der Waals surface area contributed by atoms with Crippen LogP contribution in [0.5, 0.6) is 0 Å². The van der Waals surface area contributed by atoms with Gasteiger partial charge in [0, 0.05) is 10.8 Å². The van der Waals surface area contributed by atoms with E-state index in [1.165, 1.54) is 38.0 Å². The second kappa shape index (κ2) is 4.90. The Hall–Kier alpha value is -0.890. The maximum absolute atomic E-state index is 4.85. The lowest BCUT2D eigenvalue weighted by Crippen LogP contribution is -2.20. The van der Waals surface area contributed by atoms with Crippen molar-refractivity contribution in [3.8, 4) is 0 Å². The molecule has 0 aliphatic heterocycles. The van der Waals surface area contributed by atoms with Crippen LogP contribution in [0.25, 0.3) is 10.1 Å². The van der Waals surface area contributed by atoms with Crippen molar-refractivity contribution in [2.24, 2.45) is 0 Å². The number of hydrogen-bond donors (Lipinski definition) is 0. The molecule has 0 radical (unpaired) electrons. The topological polar surface area (TPSA) is 12.9 Å². The van der Waals surface area contributed by atoms with Gasteiger partial charge in [-0.2, -0.15) is 4.37 Å². The van der Waals surface area contributed by atoms with Crippen LogP contribution in [-0.4, -0.2) is 4.37 Å². The lowest BCUT2D eigenvalue weighted by molar-refractivity contribution is 0.433. The van der Waals surface area contributed by atoms with Crippen LogP contribution in [0.4, 0.5) is 0 Å². The molecular weight excluding hydrogens is 250 g/mol. The van der Waals surface area contributed by atoms with Crippen molar-refractivity contribution in [2.45, 2.75) is 66.7 Å². The molecule has 0 amide bonds. The smallest absolute Gasteiger partial charge is 0.0682 e. The van der Waals surface area contributed by atoms with Gasteiger partial charge in [0.25, 0.3) is 0 Å². The van der Waals surface area contributed by atoms with Gasteiger partial charge in [-0.05, 0) is 74.3 Å². The van der Waals surface area contributed by atoms with Crippen molar-refractivity contribution in [3.63, 3.8) is 0 Å². The monoisotopic (exact) mass is 275 g/mol. The van der Waals surface area contributed by atoms with Crippen LogP contribution >= 0.6 is 11.5 Å². The summed E-state index contributed by atoms with van der Waals surface area (Å²) in [6.07, 6.45) is 2.29. The second-order valence-corrected chi connectivity index (χ2v) is 6.78. The lowest BCUT2D eigenvalue weighted by Gasteiger charge is -2.26. The first-order valence-corrected chi connectivity index (χ1v) is 8.01. The van der Waals surface area contributed by atoms with Gasteiger partial charge in [-0.15, -0.1) is 0 Å². The molecule has 0 fully saturated rings. The van der Waals surface area contributed by atoms with Crippen molar-refractivity contribution in [3.05, 3.63) is 27.9 Å². The molecule has 104 valence electrons. The van der Waals surface area contributed by atoms with Gasteiger partial charge < -0.3 is 0 Å². The highest BCUT2D eigenvalue weighted by Gasteiger charge is 2.29. The summed E-state index contributed by atoms with van der Waals surface area (Å²) in [6, 6.07) is 0. The quantitative estimate of drug-likeness (QED) is 0.709. The SMILES string of the molecule is CCC(C)(CC)c1nsc2c(C)c(C)c(C)c(C)c12. The first-order valence-electron chi connectivity index (χ1n) is 7.23. The average molecular weight is 275 g/mol. The van der Waals surface area contributed by atoms with Gasteiger partial charge >= 0.3 is 0 Å². The number of rotatable bonds is 3. The second-order valence-electron chi connectivity index (χ2n) is 6.00. The zero-order valence-corrected chi connectivity index (χ0v) is 14.1. The molecule has 0 unspecified atom stereocenters. The molecule has 19 heavy (non-hydrogen) atoms. The molecule has 1 aromatic carbocycles. The molecule has 2 heteroatoms. The van der Waals surface area contributed by atoms with Gasteiger partial charge in [0.2, 0.25) is 0 Å². The van der Waals surface area contributed by atoms with E-state index >= 15 is 0 Å². The minimum Gasteiger partial charge on any atom is -0.196 e. The van der Waals surface area contributed by atoms with Crippen LogP contribution in [0.1, 0.15) is 61.6 Å². The molecule has 2 aromatic rings. The molecule has 0 saturated heterocycles. The van der Waals surface area contributed by atoms with Gasteiger partial charge in [-0.25, -0.2) is 0 Å². The van der Waals surface area contributed by atoms with Crippen molar-refractivity contribution < 1.29 is 0 Å². The van der Waals surface area contributed by atoms with E-state index in [9.17, 15) is 0 Å². The highest BCUT2D eigenvalue weighted by atomic mass is 32.1. The number of hydrogen-bond acceptors (Lipinski definition) is 2. The van der Waals surface area contributed by atoms with E-state index in [1.54, 1.807) is 11.5 Å². The Bertz CT molecular complexity index is 618. The van der Waals surface area contributed by atoms with Gasteiger partial charge in [0.1, 0.15) is 0 Å². The average Bonchev–Trinajstić information content (AvgIpc) is 2.87. The summed E-state index contributed by atoms with van der Waals surface area (Å²) in [5.74, 6) is 0. The van der Waals surface area contributed by atoms with E-state index in [2.05, 4.69) is 48.5 Å². The number of benzene rings is 1. The van der Waals surface area contributed by atoms with Crippen LogP contribution in [0.3, 0.4) is 0 Å². The van der Waals surface area contributed by atoms with Crippen molar-refractivity contribution in [1.29, 1.82) is 0 Å². The lowest BCUT2D eigenvalue weighted by atomic mass is 9.78. The van der Waals surface area contributed by atoms with E-state index in [-0.39, 0.29) is 5.41 Å². The van der Waals surface area contributed by atoms with Crippen LogP contribution in [-0.2, 0) is 5.41 Å². The fourth-order valence-corrected chi connectivity index (χ4v) is 3.94. The Labute approximate surface area is 121 Å². The molecule has 1 aromatic heterocycles. The van der Waals surface area contributed by atoms with Crippen molar-refractivity contribution in [1.82, 2.24) is 4.37 Å². The Kier molecular flexibility index (Phi) is 3.74. The third-order valence-electron chi connectivity index (χ3n) is 5.23. The largest absolute Gasteiger partial charge is 0.196 e. The van der Waals surface area contributed by atoms with Crippen molar-refractivity contribution >= 4 is 21.6 Å². The maximum Gasteiger partial charge on any atom is 0.0682 e. The highest BCUT2D eigenvalue weighted by Crippen LogP contribution is 2.41. The first-order chi connectivity index (χ1) is 8.87. The molecule has 0 aliphatic carbocycles. The highest BCUT2D eigenvalue weighted by molar-refractivity contribution is 7.13. The Balaban J connectivity index is 2.88. The van der Waals surface area contributed by atoms with Crippen molar-refractivity contribution in [2.75, 3.05) is 0 Å². The Morgan fingerprint density at radius 1 is 0.895 bits per heavy atom. The number of fused-ring (bicyclic) bond motifs is 1. The van der Waals surface area contributed by atoms with E-state index in [0.29, 0.717) is 0 Å². The molecule has 0 aliphatic rings. The predicted octanol–water partition coefficient (Wildman–Crippen LogP) is 5.61. The molecule has 1 nitrogen and oxygen atoms in total. The third kappa shape index (κ3) is 2.01. The molecular formula is C17H25NS. The summed E-state index contributed by atoms with van der Waals surface area (Å²) in [7, 11) is 0. The van der Waals surface area contributed by atoms with Crippen LogP contribution in [0, 0.1) is 27.7 Å². The van der Waals surface area contributed by atoms with E-state index in [1.807, 2.05) is 0 Å². The number of nitrogens with zero attached hydrogens (tertiary/aromatic N) is 1. The molecule has 0 spiro atoms. The first kappa shape index (κ1) is 14.5. The molecule has 1 heterocycles. The summed E-state index contributed by atoms with van der Waals surface area (Å²) in [4.78, 5) is 0.